The van der Waals surface area contributed by atoms with Gasteiger partial charge in [-0.15, -0.1) is 13.2 Å². The molecule has 0 atom stereocenters. The van der Waals surface area contributed by atoms with E-state index in [0.717, 1.165) is 6.20 Å². The minimum Gasteiger partial charge on any atom is -0.387 e. The van der Waals surface area contributed by atoms with Crippen LogP contribution in [0.5, 0.6) is 5.88 Å². The third kappa shape index (κ3) is 3.63. The van der Waals surface area contributed by atoms with E-state index in [4.69, 9.17) is 5.73 Å². The van der Waals surface area contributed by atoms with Gasteiger partial charge in [0, 0.05) is 16.3 Å². The van der Waals surface area contributed by atoms with Crippen LogP contribution in [-0.4, -0.2) is 11.3 Å². The Bertz CT molecular complexity index is 410. The number of aromatic nitrogens is 1. The van der Waals surface area contributed by atoms with Gasteiger partial charge in [-0.05, 0) is 28.2 Å². The number of alkyl halides is 5. The minimum absolute atomic E-state index is 0.0747. The molecule has 9 heteroatoms. The van der Waals surface area contributed by atoms with Gasteiger partial charge in [-0.3, -0.25) is 0 Å². The van der Waals surface area contributed by atoms with Crippen LogP contribution in [0.2, 0.25) is 0 Å². The maximum Gasteiger partial charge on any atom is 0.574 e. The van der Waals surface area contributed by atoms with Gasteiger partial charge in [0.15, 0.2) is 0 Å². The van der Waals surface area contributed by atoms with Gasteiger partial charge in [0.05, 0.1) is 5.56 Å². The summed E-state index contributed by atoms with van der Waals surface area (Å²) in [4.78, 5) is 3.21. The average Bonchev–Trinajstić information content (AvgIpc) is 2.14. The summed E-state index contributed by atoms with van der Waals surface area (Å²) in [5.74, 6) is -1.14. The molecular formula is C8H6F5IN2O. The molecule has 1 rings (SSSR count). The molecule has 1 heterocycles. The molecule has 0 radical (unpaired) electrons. The smallest absolute Gasteiger partial charge is 0.387 e. The van der Waals surface area contributed by atoms with E-state index in [-0.39, 0.29) is 15.7 Å². The van der Waals surface area contributed by atoms with Crippen molar-refractivity contribution in [1.82, 2.24) is 4.98 Å². The Morgan fingerprint density at radius 1 is 1.41 bits per heavy atom. The highest BCUT2D eigenvalue weighted by Crippen LogP contribution is 2.35. The van der Waals surface area contributed by atoms with Gasteiger partial charge in [0.1, 0.15) is 0 Å². The van der Waals surface area contributed by atoms with E-state index in [1.807, 2.05) is 0 Å². The maximum atomic E-state index is 12.6. The topological polar surface area (TPSA) is 48.1 Å². The molecule has 17 heavy (non-hydrogen) atoms. The van der Waals surface area contributed by atoms with Crippen LogP contribution in [0.25, 0.3) is 0 Å². The van der Waals surface area contributed by atoms with Gasteiger partial charge in [-0.2, -0.15) is 0 Å². The molecule has 0 aromatic carbocycles. The Balaban J connectivity index is 3.27. The molecule has 3 nitrogen and oxygen atoms in total. The summed E-state index contributed by atoms with van der Waals surface area (Å²) in [5.41, 5.74) is 4.58. The number of nitrogens with two attached hydrogens (primary N) is 1. The van der Waals surface area contributed by atoms with E-state index >= 15 is 0 Å². The summed E-state index contributed by atoms with van der Waals surface area (Å²) >= 11 is 1.49. The second-order valence-electron chi connectivity index (χ2n) is 2.87. The second kappa shape index (κ2) is 5.29. The number of pyridine rings is 1. The number of halogens is 6. The zero-order valence-electron chi connectivity index (χ0n) is 8.06. The van der Waals surface area contributed by atoms with Crippen LogP contribution in [0.3, 0.4) is 0 Å². The summed E-state index contributed by atoms with van der Waals surface area (Å²) in [6.07, 6.45) is -7.21. The SMILES string of the molecule is NCc1cnc(OC(F)(F)F)c(C(F)F)c1I. The first-order chi connectivity index (χ1) is 7.76. The van der Waals surface area contributed by atoms with E-state index in [1.165, 1.54) is 22.6 Å². The molecule has 1 aromatic rings. The normalized spacial score (nSPS) is 12.0. The van der Waals surface area contributed by atoms with Crippen molar-refractivity contribution in [3.05, 3.63) is 20.9 Å². The van der Waals surface area contributed by atoms with Crippen molar-refractivity contribution in [2.45, 2.75) is 19.3 Å². The molecule has 0 aliphatic carbocycles. The number of hydrogen-bond donors (Lipinski definition) is 1. The summed E-state index contributed by atoms with van der Waals surface area (Å²) in [6.45, 7) is -0.0999. The lowest BCUT2D eigenvalue weighted by Gasteiger charge is -2.14. The Morgan fingerprint density at radius 3 is 2.41 bits per heavy atom. The fourth-order valence-electron chi connectivity index (χ4n) is 1.05. The summed E-state index contributed by atoms with van der Waals surface area (Å²) < 4.78 is 64.6. The predicted octanol–water partition coefficient (Wildman–Crippen LogP) is 2.98. The Morgan fingerprint density at radius 2 is 2.00 bits per heavy atom. The van der Waals surface area contributed by atoms with Crippen molar-refractivity contribution < 1.29 is 26.7 Å². The first-order valence-electron chi connectivity index (χ1n) is 4.17. The van der Waals surface area contributed by atoms with Gasteiger partial charge in [-0.1, -0.05) is 0 Å². The average molecular weight is 368 g/mol. The summed E-state index contributed by atoms with van der Waals surface area (Å²) in [6, 6.07) is 0. The second-order valence-corrected chi connectivity index (χ2v) is 3.95. The first kappa shape index (κ1) is 14.4. The zero-order chi connectivity index (χ0) is 13.2. The van der Waals surface area contributed by atoms with Crippen LogP contribution >= 0.6 is 22.6 Å². The molecule has 1 aromatic heterocycles. The van der Waals surface area contributed by atoms with E-state index in [0.29, 0.717) is 0 Å². The molecular weight excluding hydrogens is 362 g/mol. The maximum absolute atomic E-state index is 12.6. The van der Waals surface area contributed by atoms with Crippen molar-refractivity contribution in [3.63, 3.8) is 0 Å². The summed E-state index contributed by atoms with van der Waals surface area (Å²) in [5, 5.41) is 0. The molecule has 96 valence electrons. The van der Waals surface area contributed by atoms with Crippen LogP contribution in [0.15, 0.2) is 6.20 Å². The Hall–Kier alpha value is -0.710. The number of ether oxygens (including phenoxy) is 1. The number of nitrogens with zero attached hydrogens (tertiary/aromatic N) is 1. The third-order valence-corrected chi connectivity index (χ3v) is 3.01. The zero-order valence-corrected chi connectivity index (χ0v) is 10.2. The molecule has 0 aliphatic rings. The van der Waals surface area contributed by atoms with Crippen LogP contribution in [-0.2, 0) is 6.54 Å². The summed E-state index contributed by atoms with van der Waals surface area (Å²) in [7, 11) is 0. The quantitative estimate of drug-likeness (QED) is 0.659. The van der Waals surface area contributed by atoms with Crippen LogP contribution < -0.4 is 10.5 Å². The molecule has 0 fully saturated rings. The molecule has 0 saturated heterocycles. The Kier molecular flexibility index (Phi) is 4.47. The van der Waals surface area contributed by atoms with E-state index in [2.05, 4.69) is 9.72 Å². The van der Waals surface area contributed by atoms with Crippen molar-refractivity contribution in [1.29, 1.82) is 0 Å². The lowest BCUT2D eigenvalue weighted by molar-refractivity contribution is -0.276. The van der Waals surface area contributed by atoms with E-state index < -0.39 is 24.2 Å². The van der Waals surface area contributed by atoms with Crippen molar-refractivity contribution in [2.24, 2.45) is 5.73 Å². The van der Waals surface area contributed by atoms with Crippen molar-refractivity contribution >= 4 is 22.6 Å². The highest BCUT2D eigenvalue weighted by atomic mass is 127. The highest BCUT2D eigenvalue weighted by molar-refractivity contribution is 14.1. The molecule has 0 aliphatic heterocycles. The lowest BCUT2D eigenvalue weighted by Crippen LogP contribution is -2.20. The van der Waals surface area contributed by atoms with Gasteiger partial charge < -0.3 is 10.5 Å². The van der Waals surface area contributed by atoms with E-state index in [9.17, 15) is 22.0 Å². The van der Waals surface area contributed by atoms with Gasteiger partial charge in [0.2, 0.25) is 5.88 Å². The molecule has 0 saturated carbocycles. The largest absolute Gasteiger partial charge is 0.574 e. The van der Waals surface area contributed by atoms with Crippen molar-refractivity contribution in [3.8, 4) is 5.88 Å². The standard InChI is InChI=1S/C8H6F5IN2O/c9-6(10)4-5(14)3(1-15)2-16-7(4)17-8(11,12)13/h2,6H,1,15H2. The van der Waals surface area contributed by atoms with Crippen LogP contribution in [0, 0.1) is 3.57 Å². The number of rotatable bonds is 3. The number of hydrogen-bond acceptors (Lipinski definition) is 3. The fourth-order valence-corrected chi connectivity index (χ4v) is 1.88. The third-order valence-electron chi connectivity index (χ3n) is 1.74. The molecule has 0 spiro atoms. The van der Waals surface area contributed by atoms with E-state index in [1.54, 1.807) is 0 Å². The first-order valence-corrected chi connectivity index (χ1v) is 5.25. The molecule has 0 unspecified atom stereocenters. The monoisotopic (exact) mass is 368 g/mol. The van der Waals surface area contributed by atoms with Gasteiger partial charge in [-0.25, -0.2) is 13.8 Å². The van der Waals surface area contributed by atoms with Gasteiger partial charge >= 0.3 is 6.36 Å². The van der Waals surface area contributed by atoms with Crippen molar-refractivity contribution in [2.75, 3.05) is 0 Å². The molecule has 0 bridgehead atoms. The fraction of sp³-hybridized carbons (Fsp3) is 0.375. The predicted molar refractivity (Wildman–Crippen MR) is 56.5 cm³/mol. The lowest BCUT2D eigenvalue weighted by atomic mass is 10.2. The molecule has 2 N–H and O–H groups in total. The Labute approximate surface area is 106 Å². The van der Waals surface area contributed by atoms with Gasteiger partial charge in [0.25, 0.3) is 6.43 Å². The minimum atomic E-state index is -5.07. The van der Waals surface area contributed by atoms with Crippen LogP contribution in [0.4, 0.5) is 22.0 Å². The van der Waals surface area contributed by atoms with Crippen LogP contribution in [0.1, 0.15) is 17.6 Å². The highest BCUT2D eigenvalue weighted by Gasteiger charge is 2.35. The molecule has 0 amide bonds.